The van der Waals surface area contributed by atoms with Crippen LogP contribution in [0, 0.1) is 11.7 Å². The average Bonchev–Trinajstić information content (AvgIpc) is 2.80. The summed E-state index contributed by atoms with van der Waals surface area (Å²) in [6.45, 7) is 13.4. The Morgan fingerprint density at radius 2 is 2.12 bits per heavy atom. The zero-order chi connectivity index (χ0) is 18.3. The van der Waals surface area contributed by atoms with E-state index in [1.54, 1.807) is 0 Å². The van der Waals surface area contributed by atoms with E-state index in [1.807, 2.05) is 6.92 Å². The maximum atomic E-state index is 13.7. The first-order chi connectivity index (χ1) is 10.9. The highest BCUT2D eigenvalue weighted by atomic mass is 28.4. The fourth-order valence-corrected chi connectivity index (χ4v) is 3.56. The predicted octanol–water partition coefficient (Wildman–Crippen LogP) is 2.91. The molecule has 0 saturated carbocycles. The Morgan fingerprint density at radius 1 is 1.50 bits per heavy atom. The van der Waals surface area contributed by atoms with Gasteiger partial charge in [0.15, 0.2) is 20.0 Å². The second-order valence-electron chi connectivity index (χ2n) is 8.10. The van der Waals surface area contributed by atoms with Crippen molar-refractivity contribution in [1.29, 1.82) is 0 Å². The van der Waals surface area contributed by atoms with Gasteiger partial charge in [-0.2, -0.15) is 4.98 Å². The van der Waals surface area contributed by atoms with Crippen LogP contribution < -0.4 is 11.4 Å². The minimum absolute atomic E-state index is 0.0561. The standard InChI is InChI=1S/C16H28FN3O3Si/c1-10-7-11(9-22-24(5,6)16(2,3)4)23-14(10)20-8-12(17)13(18)19-15(20)21/h8,10-11,14H,7,9H2,1-6H3,(H2,18,19,21)/t10-,11+,14-/m0/s1. The van der Waals surface area contributed by atoms with Crippen molar-refractivity contribution in [3.8, 4) is 0 Å². The highest BCUT2D eigenvalue weighted by Crippen LogP contribution is 2.38. The molecule has 1 fully saturated rings. The Kier molecular flexibility index (Phi) is 5.22. The molecule has 2 heterocycles. The quantitative estimate of drug-likeness (QED) is 0.838. The number of nitrogens with zero attached hydrogens (tertiary/aromatic N) is 2. The van der Waals surface area contributed by atoms with Gasteiger partial charge in [0.05, 0.1) is 18.9 Å². The van der Waals surface area contributed by atoms with Crippen molar-refractivity contribution in [3.63, 3.8) is 0 Å². The Labute approximate surface area is 143 Å². The number of ether oxygens (including phenoxy) is 1. The van der Waals surface area contributed by atoms with E-state index in [-0.39, 0.29) is 22.9 Å². The number of hydrogen-bond donors (Lipinski definition) is 1. The lowest BCUT2D eigenvalue weighted by molar-refractivity contribution is -0.0318. The summed E-state index contributed by atoms with van der Waals surface area (Å²) < 4.78 is 27.0. The maximum Gasteiger partial charge on any atom is 0.351 e. The topological polar surface area (TPSA) is 79.4 Å². The number of hydrogen-bond acceptors (Lipinski definition) is 5. The van der Waals surface area contributed by atoms with Crippen molar-refractivity contribution < 1.29 is 13.6 Å². The largest absolute Gasteiger partial charge is 0.414 e. The van der Waals surface area contributed by atoms with Crippen molar-refractivity contribution >= 4 is 14.1 Å². The number of aromatic nitrogens is 2. The van der Waals surface area contributed by atoms with Crippen LogP contribution in [0.1, 0.15) is 40.3 Å². The molecule has 2 N–H and O–H groups in total. The molecule has 0 aliphatic carbocycles. The van der Waals surface area contributed by atoms with E-state index < -0.39 is 26.1 Å². The van der Waals surface area contributed by atoms with E-state index in [2.05, 4.69) is 38.8 Å². The highest BCUT2D eigenvalue weighted by Gasteiger charge is 2.40. The van der Waals surface area contributed by atoms with Gasteiger partial charge in [-0.05, 0) is 24.6 Å². The van der Waals surface area contributed by atoms with Gasteiger partial charge in [0.1, 0.15) is 6.23 Å². The van der Waals surface area contributed by atoms with Gasteiger partial charge in [0, 0.05) is 5.92 Å². The van der Waals surface area contributed by atoms with Gasteiger partial charge in [-0.15, -0.1) is 0 Å². The van der Waals surface area contributed by atoms with Crippen LogP contribution in [-0.2, 0) is 9.16 Å². The summed E-state index contributed by atoms with van der Waals surface area (Å²) in [5, 5.41) is 0.123. The number of halogens is 1. The number of nitrogen functional groups attached to an aromatic ring is 1. The third-order valence-electron chi connectivity index (χ3n) is 5.10. The molecule has 0 bridgehead atoms. The Balaban J connectivity index is 2.08. The lowest BCUT2D eigenvalue weighted by atomic mass is 10.1. The molecule has 1 aliphatic rings. The van der Waals surface area contributed by atoms with E-state index in [0.29, 0.717) is 6.61 Å². The van der Waals surface area contributed by atoms with Gasteiger partial charge in [-0.1, -0.05) is 27.7 Å². The van der Waals surface area contributed by atoms with Crippen LogP contribution in [0.2, 0.25) is 18.1 Å². The molecule has 1 saturated heterocycles. The van der Waals surface area contributed by atoms with Crippen LogP contribution in [0.5, 0.6) is 0 Å². The van der Waals surface area contributed by atoms with E-state index in [9.17, 15) is 9.18 Å². The highest BCUT2D eigenvalue weighted by molar-refractivity contribution is 6.74. The third kappa shape index (κ3) is 3.87. The second-order valence-corrected chi connectivity index (χ2v) is 12.9. The van der Waals surface area contributed by atoms with Gasteiger partial charge in [0.25, 0.3) is 0 Å². The summed E-state index contributed by atoms with van der Waals surface area (Å²) in [5.74, 6) is -1.05. The summed E-state index contributed by atoms with van der Waals surface area (Å²) in [6.07, 6.45) is 1.15. The first kappa shape index (κ1) is 19.1. The third-order valence-corrected chi connectivity index (χ3v) is 9.60. The van der Waals surface area contributed by atoms with Gasteiger partial charge in [-0.3, -0.25) is 4.57 Å². The summed E-state index contributed by atoms with van der Waals surface area (Å²) in [4.78, 5) is 15.5. The monoisotopic (exact) mass is 357 g/mol. The fraction of sp³-hybridized carbons (Fsp3) is 0.750. The first-order valence-electron chi connectivity index (χ1n) is 8.26. The molecule has 136 valence electrons. The maximum absolute atomic E-state index is 13.7. The molecule has 2 rings (SSSR count). The minimum atomic E-state index is -1.86. The number of anilines is 1. The lowest BCUT2D eigenvalue weighted by Crippen LogP contribution is -2.42. The molecule has 8 heteroatoms. The summed E-state index contributed by atoms with van der Waals surface area (Å²) in [5.41, 5.74) is 4.73. The van der Waals surface area contributed by atoms with E-state index in [0.717, 1.165) is 12.6 Å². The molecule has 0 unspecified atom stereocenters. The van der Waals surface area contributed by atoms with Crippen molar-refractivity contribution in [1.82, 2.24) is 9.55 Å². The number of nitrogens with two attached hydrogens (primary N) is 1. The van der Waals surface area contributed by atoms with Gasteiger partial charge in [-0.25, -0.2) is 9.18 Å². The molecule has 1 aromatic rings. The lowest BCUT2D eigenvalue weighted by Gasteiger charge is -2.36. The van der Waals surface area contributed by atoms with Gasteiger partial charge in [0.2, 0.25) is 0 Å². The summed E-state index contributed by atoms with van der Waals surface area (Å²) >= 11 is 0. The van der Waals surface area contributed by atoms with Crippen LogP contribution in [-0.4, -0.2) is 30.6 Å². The molecule has 0 radical (unpaired) electrons. The average molecular weight is 358 g/mol. The molecule has 6 nitrogen and oxygen atoms in total. The summed E-state index contributed by atoms with van der Waals surface area (Å²) in [7, 11) is -1.86. The zero-order valence-corrected chi connectivity index (χ0v) is 16.3. The first-order valence-corrected chi connectivity index (χ1v) is 11.2. The molecule has 0 amide bonds. The Bertz CT molecular complexity index is 657. The van der Waals surface area contributed by atoms with Crippen molar-refractivity contribution in [2.45, 2.75) is 64.6 Å². The molecule has 24 heavy (non-hydrogen) atoms. The van der Waals surface area contributed by atoms with Crippen molar-refractivity contribution in [3.05, 3.63) is 22.5 Å². The van der Waals surface area contributed by atoms with E-state index in [4.69, 9.17) is 14.9 Å². The van der Waals surface area contributed by atoms with Crippen LogP contribution >= 0.6 is 0 Å². The van der Waals surface area contributed by atoms with E-state index >= 15 is 0 Å². The minimum Gasteiger partial charge on any atom is -0.414 e. The molecular formula is C16H28FN3O3Si. The van der Waals surface area contributed by atoms with Crippen LogP contribution in [0.3, 0.4) is 0 Å². The smallest absolute Gasteiger partial charge is 0.351 e. The SMILES string of the molecule is C[C@H]1C[C@H](CO[Si](C)(C)C(C)(C)C)O[C@@H]1n1cc(F)c(N)nc1=O. The number of rotatable bonds is 4. The normalized spacial score (nSPS) is 25.2. The van der Waals surface area contributed by atoms with Gasteiger partial charge < -0.3 is 14.9 Å². The van der Waals surface area contributed by atoms with Crippen LogP contribution in [0.4, 0.5) is 10.2 Å². The molecule has 0 spiro atoms. The molecular weight excluding hydrogens is 329 g/mol. The Hall–Kier alpha value is -1.25. The molecule has 1 aliphatic heterocycles. The van der Waals surface area contributed by atoms with Gasteiger partial charge >= 0.3 is 5.69 Å². The predicted molar refractivity (Wildman–Crippen MR) is 93.7 cm³/mol. The van der Waals surface area contributed by atoms with E-state index in [1.165, 1.54) is 4.57 Å². The molecule has 1 aromatic heterocycles. The summed E-state index contributed by atoms with van der Waals surface area (Å²) in [6, 6.07) is 0. The second kappa shape index (κ2) is 6.57. The van der Waals surface area contributed by atoms with Crippen LogP contribution in [0.15, 0.2) is 11.0 Å². The van der Waals surface area contributed by atoms with Crippen LogP contribution in [0.25, 0.3) is 0 Å². The zero-order valence-electron chi connectivity index (χ0n) is 15.3. The molecule has 0 aromatic carbocycles. The van der Waals surface area contributed by atoms with Crippen molar-refractivity contribution in [2.75, 3.05) is 12.3 Å². The Morgan fingerprint density at radius 3 is 2.71 bits per heavy atom. The molecule has 3 atom stereocenters. The fourth-order valence-electron chi connectivity index (χ4n) is 2.52. The van der Waals surface area contributed by atoms with Crippen molar-refractivity contribution in [2.24, 2.45) is 5.92 Å².